The van der Waals surface area contributed by atoms with E-state index >= 15 is 0 Å². The van der Waals surface area contributed by atoms with Gasteiger partial charge in [0, 0.05) is 26.2 Å². The second-order valence-corrected chi connectivity index (χ2v) is 6.34. The van der Waals surface area contributed by atoms with Crippen molar-refractivity contribution in [3.63, 3.8) is 0 Å². The van der Waals surface area contributed by atoms with Crippen LogP contribution in [0.15, 0.2) is 24.3 Å². The maximum absolute atomic E-state index is 11.9. The summed E-state index contributed by atoms with van der Waals surface area (Å²) in [5.74, 6) is 1.24. The predicted octanol–water partition coefficient (Wildman–Crippen LogP) is 2.17. The van der Waals surface area contributed by atoms with Crippen LogP contribution in [0.3, 0.4) is 0 Å². The lowest BCUT2D eigenvalue weighted by Crippen LogP contribution is -2.46. The highest BCUT2D eigenvalue weighted by molar-refractivity contribution is 5.73. The zero-order valence-electron chi connectivity index (χ0n) is 14.9. The topological polar surface area (TPSA) is 62.8 Å². The lowest BCUT2D eigenvalue weighted by Gasteiger charge is -2.26. The molecular weight excluding hydrogens is 306 g/mol. The molecule has 1 fully saturated rings. The summed E-state index contributed by atoms with van der Waals surface area (Å²) in [7, 11) is 0. The van der Waals surface area contributed by atoms with E-state index in [-0.39, 0.29) is 6.03 Å². The van der Waals surface area contributed by atoms with E-state index < -0.39 is 6.23 Å². The summed E-state index contributed by atoms with van der Waals surface area (Å²) in [6.07, 6.45) is -0.390. The van der Waals surface area contributed by atoms with Crippen LogP contribution in [0.4, 0.5) is 4.79 Å². The van der Waals surface area contributed by atoms with Gasteiger partial charge in [0.25, 0.3) is 0 Å². The van der Waals surface area contributed by atoms with Gasteiger partial charge >= 0.3 is 6.03 Å². The molecule has 1 heterocycles. The van der Waals surface area contributed by atoms with Crippen LogP contribution in [-0.2, 0) is 4.74 Å². The van der Waals surface area contributed by atoms with Crippen LogP contribution in [0.1, 0.15) is 32.3 Å². The zero-order valence-corrected chi connectivity index (χ0v) is 14.9. The number of benzene rings is 1. The van der Waals surface area contributed by atoms with Crippen molar-refractivity contribution >= 4 is 6.03 Å². The summed E-state index contributed by atoms with van der Waals surface area (Å²) >= 11 is 0. The highest BCUT2D eigenvalue weighted by Gasteiger charge is 2.11. The molecule has 1 aliphatic heterocycles. The lowest BCUT2D eigenvalue weighted by molar-refractivity contribution is 0.0387. The van der Waals surface area contributed by atoms with Gasteiger partial charge in [-0.05, 0) is 30.5 Å². The Labute approximate surface area is 144 Å². The lowest BCUT2D eigenvalue weighted by atomic mass is 10.0. The van der Waals surface area contributed by atoms with Gasteiger partial charge in [0.05, 0.1) is 13.2 Å². The van der Waals surface area contributed by atoms with Crippen molar-refractivity contribution in [3.05, 3.63) is 29.8 Å². The number of carbonyl (C=O) groups is 1. The smallest absolute Gasteiger partial charge is 0.317 e. The minimum atomic E-state index is -0.390. The Morgan fingerprint density at radius 1 is 1.21 bits per heavy atom. The molecule has 6 nitrogen and oxygen atoms in total. The summed E-state index contributed by atoms with van der Waals surface area (Å²) in [6, 6.07) is 7.76. The number of hydrogen-bond donors (Lipinski definition) is 2. The number of nitrogens with zero attached hydrogens (tertiary/aromatic N) is 1. The summed E-state index contributed by atoms with van der Waals surface area (Å²) in [6.45, 7) is 11.0. The number of ether oxygens (including phenoxy) is 2. The fourth-order valence-corrected chi connectivity index (χ4v) is 2.55. The van der Waals surface area contributed by atoms with Crippen molar-refractivity contribution in [2.24, 2.45) is 0 Å². The zero-order chi connectivity index (χ0) is 17.4. The molecule has 1 aromatic carbocycles. The first-order valence-electron chi connectivity index (χ1n) is 8.65. The van der Waals surface area contributed by atoms with Crippen molar-refractivity contribution in [1.82, 2.24) is 15.5 Å². The number of rotatable bonds is 7. The molecule has 1 aromatic rings. The van der Waals surface area contributed by atoms with Gasteiger partial charge in [-0.3, -0.25) is 4.90 Å². The predicted molar refractivity (Wildman–Crippen MR) is 94.4 cm³/mol. The number of urea groups is 1. The Bertz CT molecular complexity index is 499. The number of hydrogen-bond acceptors (Lipinski definition) is 4. The molecular formula is C18H29N3O3. The molecule has 1 saturated heterocycles. The van der Waals surface area contributed by atoms with Gasteiger partial charge in [0.15, 0.2) is 6.23 Å². The molecule has 0 bridgehead atoms. The number of morpholine rings is 1. The van der Waals surface area contributed by atoms with Crippen molar-refractivity contribution < 1.29 is 14.3 Å². The van der Waals surface area contributed by atoms with Crippen molar-refractivity contribution in [2.45, 2.75) is 32.9 Å². The normalized spacial score (nSPS) is 16.7. The first kappa shape index (κ1) is 18.5. The Morgan fingerprint density at radius 3 is 2.50 bits per heavy atom. The highest BCUT2D eigenvalue weighted by Crippen LogP contribution is 2.19. The fourth-order valence-electron chi connectivity index (χ4n) is 2.55. The molecule has 0 aliphatic carbocycles. The van der Waals surface area contributed by atoms with Gasteiger partial charge in [-0.2, -0.15) is 0 Å². The van der Waals surface area contributed by atoms with E-state index in [0.29, 0.717) is 12.5 Å². The second-order valence-electron chi connectivity index (χ2n) is 6.34. The van der Waals surface area contributed by atoms with E-state index in [0.717, 1.165) is 38.6 Å². The van der Waals surface area contributed by atoms with E-state index in [4.69, 9.17) is 9.47 Å². The molecule has 0 spiro atoms. The summed E-state index contributed by atoms with van der Waals surface area (Å²) < 4.78 is 11.0. The molecule has 1 atom stereocenters. The second kappa shape index (κ2) is 9.49. The molecule has 2 amide bonds. The molecule has 0 aromatic heterocycles. The molecule has 0 radical (unpaired) electrons. The average molecular weight is 335 g/mol. The molecule has 1 unspecified atom stereocenters. The Balaban J connectivity index is 1.65. The van der Waals surface area contributed by atoms with E-state index in [1.807, 2.05) is 19.1 Å². The van der Waals surface area contributed by atoms with E-state index in [1.54, 1.807) is 0 Å². The van der Waals surface area contributed by atoms with Crippen molar-refractivity contribution in [3.8, 4) is 5.75 Å². The molecule has 1 aliphatic rings. The standard InChI is InChI=1S/C18H29N3O3/c1-14(2)16-4-6-17(7-5-16)24-15(3)20-18(22)19-8-9-21-10-12-23-13-11-21/h4-7,14-15H,8-13H2,1-3H3,(H2,19,20,22). The van der Waals surface area contributed by atoms with Crippen LogP contribution < -0.4 is 15.4 Å². The Morgan fingerprint density at radius 2 is 1.88 bits per heavy atom. The minimum Gasteiger partial charge on any atom is -0.471 e. The van der Waals surface area contributed by atoms with Gasteiger partial charge in [-0.25, -0.2) is 4.79 Å². The number of amides is 2. The van der Waals surface area contributed by atoms with Gasteiger partial charge in [0.2, 0.25) is 0 Å². The molecule has 2 N–H and O–H groups in total. The van der Waals surface area contributed by atoms with Crippen LogP contribution in [0.2, 0.25) is 0 Å². The van der Waals surface area contributed by atoms with Gasteiger partial charge in [0.1, 0.15) is 5.75 Å². The Hall–Kier alpha value is -1.79. The van der Waals surface area contributed by atoms with E-state index in [2.05, 4.69) is 41.5 Å². The summed E-state index contributed by atoms with van der Waals surface area (Å²) in [4.78, 5) is 14.2. The number of nitrogens with one attached hydrogen (secondary N) is 2. The SMILES string of the molecule is CC(NC(=O)NCCN1CCOCC1)Oc1ccc(C(C)C)cc1. The third-order valence-corrected chi connectivity index (χ3v) is 4.01. The van der Waals surface area contributed by atoms with E-state index in [9.17, 15) is 4.79 Å². The monoisotopic (exact) mass is 335 g/mol. The van der Waals surface area contributed by atoms with Crippen LogP contribution in [0.25, 0.3) is 0 Å². The van der Waals surface area contributed by atoms with Gasteiger partial charge in [-0.1, -0.05) is 26.0 Å². The van der Waals surface area contributed by atoms with Crippen LogP contribution in [0, 0.1) is 0 Å². The minimum absolute atomic E-state index is 0.213. The number of carbonyl (C=O) groups excluding carboxylic acids is 1. The maximum Gasteiger partial charge on any atom is 0.317 e. The van der Waals surface area contributed by atoms with Crippen LogP contribution >= 0.6 is 0 Å². The summed E-state index contributed by atoms with van der Waals surface area (Å²) in [5.41, 5.74) is 1.27. The van der Waals surface area contributed by atoms with Gasteiger partial charge < -0.3 is 20.1 Å². The Kier molecular flexibility index (Phi) is 7.34. The largest absolute Gasteiger partial charge is 0.471 e. The molecule has 24 heavy (non-hydrogen) atoms. The molecule has 2 rings (SSSR count). The molecule has 134 valence electrons. The molecule has 0 saturated carbocycles. The summed E-state index contributed by atoms with van der Waals surface area (Å²) in [5, 5.41) is 5.65. The third-order valence-electron chi connectivity index (χ3n) is 4.01. The van der Waals surface area contributed by atoms with Crippen molar-refractivity contribution in [1.29, 1.82) is 0 Å². The maximum atomic E-state index is 11.9. The third kappa shape index (κ3) is 6.37. The van der Waals surface area contributed by atoms with Gasteiger partial charge in [-0.15, -0.1) is 0 Å². The first-order chi connectivity index (χ1) is 11.5. The molecule has 6 heteroatoms. The van der Waals surface area contributed by atoms with E-state index in [1.165, 1.54) is 5.56 Å². The fraction of sp³-hybridized carbons (Fsp3) is 0.611. The first-order valence-corrected chi connectivity index (χ1v) is 8.65. The van der Waals surface area contributed by atoms with Crippen LogP contribution in [-0.4, -0.2) is 56.6 Å². The van der Waals surface area contributed by atoms with Crippen LogP contribution in [0.5, 0.6) is 5.75 Å². The van der Waals surface area contributed by atoms with Crippen molar-refractivity contribution in [2.75, 3.05) is 39.4 Å². The quantitative estimate of drug-likeness (QED) is 0.750. The average Bonchev–Trinajstić information content (AvgIpc) is 2.56. The highest BCUT2D eigenvalue weighted by atomic mass is 16.5.